The second-order valence-electron chi connectivity index (χ2n) is 8.65. The number of carbonyl (C=O) groups is 1. The smallest absolute Gasteiger partial charge is 0.406 e. The SMILES string of the molecule is C[C@@H](N[C@@]1(c2cccc(OC(F)(F)F)c2)CCN(c2ccc(C(F)(F)F)cc2)C1=O)c1ccc(Cl)cc1. The summed E-state index contributed by atoms with van der Waals surface area (Å²) in [7, 11) is 0. The van der Waals surface area contributed by atoms with E-state index in [9.17, 15) is 31.1 Å². The van der Waals surface area contributed by atoms with Crippen molar-refractivity contribution in [3.63, 3.8) is 0 Å². The van der Waals surface area contributed by atoms with Crippen molar-refractivity contribution in [2.75, 3.05) is 11.4 Å². The van der Waals surface area contributed by atoms with Gasteiger partial charge in [-0.3, -0.25) is 10.1 Å². The standard InChI is InChI=1S/C26H21ClF6N2O2/c1-16(17-5-9-20(27)10-6-17)34-24(19-3-2-4-22(15-19)37-26(31,32)33)13-14-35(23(24)36)21-11-7-18(8-12-21)25(28,29)30/h2-12,15-16,34H,13-14H2,1H3/t16-,24-/m1/s1. The summed E-state index contributed by atoms with van der Waals surface area (Å²) in [6.45, 7) is 1.91. The number of hydrogen-bond donors (Lipinski definition) is 1. The van der Waals surface area contributed by atoms with Gasteiger partial charge in [0.2, 0.25) is 0 Å². The van der Waals surface area contributed by atoms with Crippen LogP contribution in [0.2, 0.25) is 5.02 Å². The molecule has 1 fully saturated rings. The quantitative estimate of drug-likeness (QED) is 0.334. The van der Waals surface area contributed by atoms with Gasteiger partial charge in [0.1, 0.15) is 11.3 Å². The highest BCUT2D eigenvalue weighted by molar-refractivity contribution is 6.30. The summed E-state index contributed by atoms with van der Waals surface area (Å²) in [4.78, 5) is 15.2. The lowest BCUT2D eigenvalue weighted by atomic mass is 9.86. The van der Waals surface area contributed by atoms with Gasteiger partial charge >= 0.3 is 12.5 Å². The minimum absolute atomic E-state index is 0.120. The molecule has 0 aliphatic carbocycles. The number of nitrogens with zero attached hydrogens (tertiary/aromatic N) is 1. The molecule has 4 nitrogen and oxygen atoms in total. The number of nitrogens with one attached hydrogen (secondary N) is 1. The van der Waals surface area contributed by atoms with Crippen LogP contribution in [0, 0.1) is 0 Å². The van der Waals surface area contributed by atoms with E-state index in [1.165, 1.54) is 29.2 Å². The molecule has 0 bridgehead atoms. The maximum absolute atomic E-state index is 13.9. The van der Waals surface area contributed by atoms with E-state index in [1.807, 2.05) is 0 Å². The van der Waals surface area contributed by atoms with E-state index in [0.29, 0.717) is 5.02 Å². The molecule has 1 amide bonds. The van der Waals surface area contributed by atoms with Crippen LogP contribution in [0.15, 0.2) is 72.8 Å². The number of rotatable bonds is 6. The second-order valence-corrected chi connectivity index (χ2v) is 9.09. The molecule has 196 valence electrons. The van der Waals surface area contributed by atoms with Crippen LogP contribution < -0.4 is 15.0 Å². The molecule has 1 N–H and O–H groups in total. The lowest BCUT2D eigenvalue weighted by Gasteiger charge is -2.33. The highest BCUT2D eigenvalue weighted by Crippen LogP contribution is 2.40. The van der Waals surface area contributed by atoms with Gasteiger partial charge in [-0.1, -0.05) is 35.9 Å². The largest absolute Gasteiger partial charge is 0.573 e. The lowest BCUT2D eigenvalue weighted by molar-refractivity contribution is -0.274. The molecule has 11 heteroatoms. The summed E-state index contributed by atoms with van der Waals surface area (Å²) < 4.78 is 81.8. The Morgan fingerprint density at radius 2 is 1.62 bits per heavy atom. The topological polar surface area (TPSA) is 41.6 Å². The van der Waals surface area contributed by atoms with Crippen molar-refractivity contribution in [1.82, 2.24) is 5.32 Å². The molecule has 3 aromatic rings. The van der Waals surface area contributed by atoms with Gasteiger partial charge in [0, 0.05) is 23.3 Å². The van der Waals surface area contributed by atoms with E-state index in [0.717, 1.165) is 29.8 Å². The molecular formula is C26H21ClF6N2O2. The second kappa shape index (κ2) is 9.90. The lowest BCUT2D eigenvalue weighted by Crippen LogP contribution is -2.50. The Hall–Kier alpha value is -3.24. The molecule has 4 rings (SSSR count). The number of halogens is 7. The van der Waals surface area contributed by atoms with Crippen molar-refractivity contribution in [3.8, 4) is 5.75 Å². The molecule has 0 radical (unpaired) electrons. The van der Waals surface area contributed by atoms with Crippen molar-refractivity contribution < 1.29 is 35.9 Å². The van der Waals surface area contributed by atoms with Crippen molar-refractivity contribution in [1.29, 1.82) is 0 Å². The van der Waals surface area contributed by atoms with E-state index in [1.54, 1.807) is 31.2 Å². The van der Waals surface area contributed by atoms with Crippen LogP contribution >= 0.6 is 11.6 Å². The molecule has 0 spiro atoms. The molecule has 0 unspecified atom stereocenters. The Kier molecular flexibility index (Phi) is 7.18. The minimum Gasteiger partial charge on any atom is -0.406 e. The van der Waals surface area contributed by atoms with Crippen LogP contribution in [0.4, 0.5) is 32.0 Å². The highest BCUT2D eigenvalue weighted by Gasteiger charge is 2.49. The average molecular weight is 543 g/mol. The third-order valence-electron chi connectivity index (χ3n) is 6.22. The first kappa shape index (κ1) is 26.8. The molecule has 3 aromatic carbocycles. The van der Waals surface area contributed by atoms with Crippen molar-refractivity contribution in [2.24, 2.45) is 0 Å². The minimum atomic E-state index is -4.93. The van der Waals surface area contributed by atoms with Crippen LogP contribution in [0.5, 0.6) is 5.75 Å². The van der Waals surface area contributed by atoms with Gasteiger partial charge in [-0.2, -0.15) is 13.2 Å². The number of carbonyl (C=O) groups excluding carboxylic acids is 1. The number of amides is 1. The zero-order valence-corrected chi connectivity index (χ0v) is 20.1. The zero-order chi connectivity index (χ0) is 27.0. The van der Waals surface area contributed by atoms with Gasteiger partial charge in [-0.15, -0.1) is 13.2 Å². The first-order valence-electron chi connectivity index (χ1n) is 11.2. The molecule has 1 saturated heterocycles. The fourth-order valence-corrected chi connectivity index (χ4v) is 4.57. The molecule has 1 aliphatic rings. The Morgan fingerprint density at radius 1 is 0.973 bits per heavy atom. The van der Waals surface area contributed by atoms with Crippen LogP contribution in [-0.2, 0) is 16.5 Å². The predicted octanol–water partition coefficient (Wildman–Crippen LogP) is 7.24. The Bertz CT molecular complexity index is 1260. The van der Waals surface area contributed by atoms with Crippen molar-refractivity contribution >= 4 is 23.2 Å². The molecule has 1 aliphatic heterocycles. The van der Waals surface area contributed by atoms with Crippen molar-refractivity contribution in [2.45, 2.75) is 37.5 Å². The van der Waals surface area contributed by atoms with Gasteiger partial charge in [0.05, 0.1) is 5.56 Å². The fourth-order valence-electron chi connectivity index (χ4n) is 4.44. The molecule has 0 saturated carbocycles. The van der Waals surface area contributed by atoms with Crippen LogP contribution in [0.1, 0.15) is 36.1 Å². The van der Waals surface area contributed by atoms with Gasteiger partial charge in [-0.05, 0) is 73.0 Å². The fraction of sp³-hybridized carbons (Fsp3) is 0.269. The van der Waals surface area contributed by atoms with E-state index in [2.05, 4.69) is 10.1 Å². The van der Waals surface area contributed by atoms with Crippen LogP contribution in [-0.4, -0.2) is 18.8 Å². The highest BCUT2D eigenvalue weighted by atomic mass is 35.5. The summed E-state index contributed by atoms with van der Waals surface area (Å²) in [5.74, 6) is -1.01. The summed E-state index contributed by atoms with van der Waals surface area (Å²) in [6.07, 6.45) is -9.33. The summed E-state index contributed by atoms with van der Waals surface area (Å²) in [5, 5.41) is 3.78. The zero-order valence-electron chi connectivity index (χ0n) is 19.3. The molecule has 2 atom stereocenters. The first-order chi connectivity index (χ1) is 17.3. The number of hydrogen-bond acceptors (Lipinski definition) is 3. The predicted molar refractivity (Wildman–Crippen MR) is 126 cm³/mol. The van der Waals surface area contributed by atoms with Crippen molar-refractivity contribution in [3.05, 3.63) is 94.5 Å². The summed E-state index contributed by atoms with van der Waals surface area (Å²) in [5.41, 5.74) is -1.10. The number of alkyl halides is 6. The summed E-state index contributed by atoms with van der Waals surface area (Å²) >= 11 is 5.97. The molecule has 0 aromatic heterocycles. The van der Waals surface area contributed by atoms with E-state index in [4.69, 9.17) is 11.6 Å². The van der Waals surface area contributed by atoms with Crippen LogP contribution in [0.25, 0.3) is 0 Å². The van der Waals surface area contributed by atoms with Crippen LogP contribution in [0.3, 0.4) is 0 Å². The average Bonchev–Trinajstić information content (AvgIpc) is 3.15. The van der Waals surface area contributed by atoms with Gasteiger partial charge in [0.15, 0.2) is 0 Å². The Labute approximate surface area is 213 Å². The van der Waals surface area contributed by atoms with Gasteiger partial charge in [-0.25, -0.2) is 0 Å². The third-order valence-corrected chi connectivity index (χ3v) is 6.47. The summed E-state index contributed by atoms with van der Waals surface area (Å²) in [6, 6.07) is 15.7. The van der Waals surface area contributed by atoms with E-state index in [-0.39, 0.29) is 24.2 Å². The van der Waals surface area contributed by atoms with E-state index >= 15 is 0 Å². The normalized spacial score (nSPS) is 19.2. The molecule has 1 heterocycles. The maximum Gasteiger partial charge on any atom is 0.573 e. The number of anilines is 1. The van der Waals surface area contributed by atoms with Gasteiger partial charge in [0.25, 0.3) is 5.91 Å². The molecular weight excluding hydrogens is 522 g/mol. The van der Waals surface area contributed by atoms with E-state index < -0.39 is 41.3 Å². The third kappa shape index (κ3) is 5.86. The first-order valence-corrected chi connectivity index (χ1v) is 11.5. The monoisotopic (exact) mass is 542 g/mol. The number of ether oxygens (including phenoxy) is 1. The maximum atomic E-state index is 13.9. The number of benzene rings is 3. The Morgan fingerprint density at radius 3 is 2.22 bits per heavy atom. The Balaban J connectivity index is 1.72. The molecule has 37 heavy (non-hydrogen) atoms. The van der Waals surface area contributed by atoms with Gasteiger partial charge < -0.3 is 9.64 Å².